The number of hydrogen-bond acceptors (Lipinski definition) is 4. The highest BCUT2D eigenvalue weighted by atomic mass is 17.1. The van der Waals surface area contributed by atoms with Gasteiger partial charge >= 0.3 is 5.97 Å². The van der Waals surface area contributed by atoms with Crippen LogP contribution in [0.4, 0.5) is 0 Å². The van der Waals surface area contributed by atoms with Crippen LogP contribution in [0.3, 0.4) is 0 Å². The first-order valence-corrected chi connectivity index (χ1v) is 5.53. The summed E-state index contributed by atoms with van der Waals surface area (Å²) in [5.74, 6) is -0.377. The lowest BCUT2D eigenvalue weighted by Crippen LogP contribution is -2.36. The number of cyclic esters (lactones) is 1. The Bertz CT molecular complexity index is 229. The number of carbonyl (C=O) groups is 1. The zero-order chi connectivity index (χ0) is 11.6. The van der Waals surface area contributed by atoms with E-state index >= 15 is 0 Å². The van der Waals surface area contributed by atoms with Crippen molar-refractivity contribution in [1.29, 1.82) is 0 Å². The molecule has 0 amide bonds. The molecule has 1 saturated heterocycles. The maximum atomic E-state index is 11.6. The van der Waals surface area contributed by atoms with E-state index < -0.39 is 6.10 Å². The molecule has 1 aliphatic heterocycles. The Morgan fingerprint density at radius 2 is 2.13 bits per heavy atom. The van der Waals surface area contributed by atoms with Gasteiger partial charge in [0.25, 0.3) is 0 Å². The van der Waals surface area contributed by atoms with Crippen LogP contribution in [0.15, 0.2) is 0 Å². The molecule has 15 heavy (non-hydrogen) atoms. The molecule has 0 saturated carbocycles. The molecule has 0 aromatic rings. The van der Waals surface area contributed by atoms with Gasteiger partial charge in [0.15, 0.2) is 0 Å². The Hall–Kier alpha value is -0.610. The van der Waals surface area contributed by atoms with Gasteiger partial charge in [-0.3, -0.25) is 10.1 Å². The minimum absolute atomic E-state index is 0.0867. The minimum atomic E-state index is -0.456. The first-order valence-electron chi connectivity index (χ1n) is 5.53. The second kappa shape index (κ2) is 4.94. The van der Waals surface area contributed by atoms with Gasteiger partial charge in [0, 0.05) is 5.92 Å². The highest BCUT2D eigenvalue weighted by Gasteiger charge is 2.46. The molecule has 0 radical (unpaired) electrons. The van der Waals surface area contributed by atoms with Gasteiger partial charge in [-0.05, 0) is 12.8 Å². The Morgan fingerprint density at radius 3 is 2.47 bits per heavy atom. The van der Waals surface area contributed by atoms with Gasteiger partial charge in [0.1, 0.15) is 12.2 Å². The summed E-state index contributed by atoms with van der Waals surface area (Å²) in [6, 6.07) is 0. The van der Waals surface area contributed by atoms with Crippen molar-refractivity contribution in [3.8, 4) is 0 Å². The molecular weight excluding hydrogens is 196 g/mol. The quantitative estimate of drug-likeness (QED) is 0.444. The molecule has 5 atom stereocenters. The van der Waals surface area contributed by atoms with E-state index in [1.165, 1.54) is 0 Å². The predicted molar refractivity (Wildman–Crippen MR) is 55.2 cm³/mol. The minimum Gasteiger partial charge on any atom is -0.462 e. The van der Waals surface area contributed by atoms with E-state index in [0.717, 1.165) is 6.42 Å². The van der Waals surface area contributed by atoms with Gasteiger partial charge in [0.2, 0.25) is 0 Å². The second-order valence-electron chi connectivity index (χ2n) is 4.48. The summed E-state index contributed by atoms with van der Waals surface area (Å²) in [7, 11) is 0. The van der Waals surface area contributed by atoms with Crippen LogP contribution in [0.1, 0.15) is 34.1 Å². The molecular formula is C11H20O4. The lowest BCUT2D eigenvalue weighted by Gasteiger charge is -2.25. The lowest BCUT2D eigenvalue weighted by atomic mass is 9.82. The third-order valence-corrected chi connectivity index (χ3v) is 3.56. The fourth-order valence-electron chi connectivity index (χ4n) is 2.06. The van der Waals surface area contributed by atoms with Crippen molar-refractivity contribution in [1.82, 2.24) is 0 Å². The summed E-state index contributed by atoms with van der Waals surface area (Å²) in [6.45, 7) is 7.79. The normalized spacial score (nSPS) is 35.0. The largest absolute Gasteiger partial charge is 0.462 e. The molecule has 4 nitrogen and oxygen atoms in total. The average Bonchev–Trinajstić information content (AvgIpc) is 2.45. The Kier molecular flexibility index (Phi) is 4.11. The molecule has 1 N–H and O–H groups in total. The van der Waals surface area contributed by atoms with E-state index in [2.05, 4.69) is 4.89 Å². The predicted octanol–water partition coefficient (Wildman–Crippen LogP) is 2.09. The van der Waals surface area contributed by atoms with Crippen molar-refractivity contribution in [2.45, 2.75) is 46.3 Å². The summed E-state index contributed by atoms with van der Waals surface area (Å²) in [6.07, 6.45) is 0.308. The first-order chi connectivity index (χ1) is 7.02. The number of ether oxygens (including phenoxy) is 1. The molecule has 1 fully saturated rings. The van der Waals surface area contributed by atoms with Crippen LogP contribution < -0.4 is 0 Å². The summed E-state index contributed by atoms with van der Waals surface area (Å²) >= 11 is 0. The third kappa shape index (κ3) is 2.32. The molecule has 1 heterocycles. The van der Waals surface area contributed by atoms with Crippen LogP contribution in [0, 0.1) is 17.8 Å². The van der Waals surface area contributed by atoms with Crippen molar-refractivity contribution in [2.75, 3.05) is 0 Å². The molecule has 0 bridgehead atoms. The van der Waals surface area contributed by atoms with Crippen LogP contribution in [0.2, 0.25) is 0 Å². The van der Waals surface area contributed by atoms with E-state index in [1.807, 2.05) is 27.7 Å². The van der Waals surface area contributed by atoms with Crippen molar-refractivity contribution >= 4 is 5.97 Å². The van der Waals surface area contributed by atoms with Crippen molar-refractivity contribution in [3.05, 3.63) is 0 Å². The van der Waals surface area contributed by atoms with Crippen molar-refractivity contribution in [2.24, 2.45) is 17.8 Å². The highest BCUT2D eigenvalue weighted by molar-refractivity contribution is 5.75. The monoisotopic (exact) mass is 216 g/mol. The van der Waals surface area contributed by atoms with E-state index in [-0.39, 0.29) is 29.8 Å². The van der Waals surface area contributed by atoms with Crippen molar-refractivity contribution < 1.29 is 19.7 Å². The zero-order valence-corrected chi connectivity index (χ0v) is 9.77. The Morgan fingerprint density at radius 1 is 1.53 bits per heavy atom. The number of esters is 1. The summed E-state index contributed by atoms with van der Waals surface area (Å²) in [5.41, 5.74) is 0. The van der Waals surface area contributed by atoms with Crippen LogP contribution in [-0.2, 0) is 14.4 Å². The van der Waals surface area contributed by atoms with Gasteiger partial charge < -0.3 is 4.74 Å². The first kappa shape index (κ1) is 12.5. The van der Waals surface area contributed by atoms with Gasteiger partial charge in [-0.25, -0.2) is 4.89 Å². The average molecular weight is 216 g/mol. The lowest BCUT2D eigenvalue weighted by molar-refractivity contribution is -0.301. The van der Waals surface area contributed by atoms with E-state index in [1.54, 1.807) is 0 Å². The van der Waals surface area contributed by atoms with Gasteiger partial charge in [0.05, 0.1) is 5.92 Å². The van der Waals surface area contributed by atoms with E-state index in [4.69, 9.17) is 9.99 Å². The Labute approximate surface area is 90.5 Å². The topological polar surface area (TPSA) is 55.8 Å². The van der Waals surface area contributed by atoms with Crippen LogP contribution >= 0.6 is 0 Å². The Balaban J connectivity index is 2.79. The fourth-order valence-corrected chi connectivity index (χ4v) is 2.06. The smallest absolute Gasteiger partial charge is 0.312 e. The summed E-state index contributed by atoms with van der Waals surface area (Å²) in [5, 5.41) is 8.90. The maximum Gasteiger partial charge on any atom is 0.312 e. The molecule has 1 rings (SSSR count). The molecule has 0 aliphatic carbocycles. The summed E-state index contributed by atoms with van der Waals surface area (Å²) in [4.78, 5) is 16.1. The number of rotatable bonds is 4. The van der Waals surface area contributed by atoms with Crippen molar-refractivity contribution in [3.63, 3.8) is 0 Å². The maximum absolute atomic E-state index is 11.6. The third-order valence-electron chi connectivity index (χ3n) is 3.56. The standard InChI is InChI=1S/C11H20O4/c1-5-6(2)10(15-13)9-7(3)8(4)14-11(9)12/h6-10,13H,5H2,1-4H3. The number of carbonyl (C=O) groups excluding carboxylic acids is 1. The fraction of sp³-hybridized carbons (Fsp3) is 0.909. The van der Waals surface area contributed by atoms with Gasteiger partial charge in [-0.1, -0.05) is 27.2 Å². The molecule has 0 spiro atoms. The van der Waals surface area contributed by atoms with Gasteiger partial charge in [-0.15, -0.1) is 0 Å². The summed E-state index contributed by atoms with van der Waals surface area (Å²) < 4.78 is 5.13. The van der Waals surface area contributed by atoms with Crippen LogP contribution in [0.25, 0.3) is 0 Å². The SMILES string of the molecule is CCC(C)C(OO)C1C(=O)OC(C)C1C. The zero-order valence-electron chi connectivity index (χ0n) is 9.77. The van der Waals surface area contributed by atoms with E-state index in [9.17, 15) is 4.79 Å². The molecule has 1 aliphatic rings. The highest BCUT2D eigenvalue weighted by Crippen LogP contribution is 2.34. The second-order valence-corrected chi connectivity index (χ2v) is 4.48. The molecule has 5 unspecified atom stereocenters. The molecule has 88 valence electrons. The molecule has 0 aromatic carbocycles. The van der Waals surface area contributed by atoms with E-state index in [0.29, 0.717) is 0 Å². The van der Waals surface area contributed by atoms with Gasteiger partial charge in [-0.2, -0.15) is 0 Å². The molecule has 0 aromatic heterocycles. The molecule has 4 heteroatoms. The number of hydrogen-bond donors (Lipinski definition) is 1. The van der Waals surface area contributed by atoms with Crippen LogP contribution in [-0.4, -0.2) is 23.4 Å². The van der Waals surface area contributed by atoms with Crippen LogP contribution in [0.5, 0.6) is 0 Å².